The first-order chi connectivity index (χ1) is 15.7. The second kappa shape index (κ2) is 8.93. The molecule has 4 heteroatoms. The molecule has 32 heavy (non-hydrogen) atoms. The quantitative estimate of drug-likeness (QED) is 0.507. The van der Waals surface area contributed by atoms with Crippen molar-refractivity contribution in [1.29, 1.82) is 0 Å². The summed E-state index contributed by atoms with van der Waals surface area (Å²) in [5.41, 5.74) is 7.19. The zero-order valence-electron chi connectivity index (χ0n) is 18.4. The monoisotopic (exact) mass is 422 g/mol. The van der Waals surface area contributed by atoms with Crippen molar-refractivity contribution < 1.29 is 9.69 Å². The lowest BCUT2D eigenvalue weighted by Gasteiger charge is -2.27. The van der Waals surface area contributed by atoms with Gasteiger partial charge < -0.3 is 10.2 Å². The number of aryl methyl sites for hydroxylation is 1. The van der Waals surface area contributed by atoms with Crippen LogP contribution in [0.15, 0.2) is 78.9 Å². The van der Waals surface area contributed by atoms with E-state index in [1.807, 2.05) is 36.4 Å². The summed E-state index contributed by atoms with van der Waals surface area (Å²) in [5.74, 6) is -0.0472. The summed E-state index contributed by atoms with van der Waals surface area (Å²) in [6, 6.07) is 26.7. The highest BCUT2D eigenvalue weighted by Gasteiger charge is 2.28. The highest BCUT2D eigenvalue weighted by atomic mass is 16.1. The average molecular weight is 423 g/mol. The van der Waals surface area contributed by atoms with E-state index in [1.54, 1.807) is 0 Å². The number of carbonyl (C=O) groups excluding carboxylic acids is 1. The molecule has 1 atom stereocenters. The van der Waals surface area contributed by atoms with Gasteiger partial charge in [-0.2, -0.15) is 0 Å². The number of para-hydroxylation sites is 1. The minimum absolute atomic E-state index is 0.0472. The van der Waals surface area contributed by atoms with Gasteiger partial charge in [0.15, 0.2) is 0 Å². The lowest BCUT2D eigenvalue weighted by atomic mass is 9.94. The van der Waals surface area contributed by atoms with Gasteiger partial charge in [-0.1, -0.05) is 67.6 Å². The molecular formula is C28H28N3O+. The minimum atomic E-state index is -0.0472. The Kier molecular flexibility index (Phi) is 5.70. The molecule has 3 aromatic carbocycles. The fraction of sp³-hybridized carbons (Fsp3) is 0.214. The number of nitrogens with one attached hydrogen (secondary N) is 2. The zero-order valence-corrected chi connectivity index (χ0v) is 18.4. The number of pyridine rings is 1. The summed E-state index contributed by atoms with van der Waals surface area (Å²) in [7, 11) is 0. The number of carbonyl (C=O) groups is 1. The van der Waals surface area contributed by atoms with Gasteiger partial charge in [-0.3, -0.25) is 9.78 Å². The lowest BCUT2D eigenvalue weighted by molar-refractivity contribution is -0.929. The number of benzene rings is 3. The van der Waals surface area contributed by atoms with Crippen LogP contribution in [0.4, 0.5) is 5.69 Å². The Morgan fingerprint density at radius 2 is 1.75 bits per heavy atom. The van der Waals surface area contributed by atoms with E-state index in [1.165, 1.54) is 16.0 Å². The fourth-order valence-electron chi connectivity index (χ4n) is 4.69. The van der Waals surface area contributed by atoms with Crippen LogP contribution in [0.2, 0.25) is 0 Å². The second-order valence-electron chi connectivity index (χ2n) is 8.53. The van der Waals surface area contributed by atoms with Gasteiger partial charge in [-0.05, 0) is 30.2 Å². The van der Waals surface area contributed by atoms with Gasteiger partial charge in [-0.15, -0.1) is 0 Å². The molecule has 0 saturated heterocycles. The van der Waals surface area contributed by atoms with Crippen molar-refractivity contribution in [3.63, 3.8) is 0 Å². The molecule has 2 heterocycles. The van der Waals surface area contributed by atoms with Crippen LogP contribution in [-0.4, -0.2) is 17.4 Å². The summed E-state index contributed by atoms with van der Waals surface area (Å²) in [6.45, 7) is 4.90. The number of amides is 1. The number of quaternary nitrogens is 1. The van der Waals surface area contributed by atoms with Crippen molar-refractivity contribution in [2.45, 2.75) is 32.9 Å². The molecule has 0 bridgehead atoms. The molecule has 0 spiro atoms. The van der Waals surface area contributed by atoms with Crippen LogP contribution >= 0.6 is 0 Å². The Morgan fingerprint density at radius 3 is 2.59 bits per heavy atom. The highest BCUT2D eigenvalue weighted by Crippen LogP contribution is 2.26. The van der Waals surface area contributed by atoms with Crippen LogP contribution in [-0.2, 0) is 25.9 Å². The number of anilines is 1. The van der Waals surface area contributed by atoms with Crippen LogP contribution in [0.3, 0.4) is 0 Å². The summed E-state index contributed by atoms with van der Waals surface area (Å²) in [5, 5.41) is 4.09. The third kappa shape index (κ3) is 4.14. The molecule has 4 nitrogen and oxygen atoms in total. The van der Waals surface area contributed by atoms with Crippen LogP contribution < -0.4 is 10.2 Å². The fourth-order valence-corrected chi connectivity index (χ4v) is 4.69. The standard InChI is InChI=1S/C28H27N3O/c1-2-20-11-8-12-22(17-20)29-28(32)27-23-13-6-7-14-25(23)30-26-15-16-31(19-24(26)27)18-21-9-4-3-5-10-21/h3-14,17H,2,15-16,18-19H2,1H3,(H,29,32)/p+1. The van der Waals surface area contributed by atoms with Crippen molar-refractivity contribution >= 4 is 22.5 Å². The van der Waals surface area contributed by atoms with Gasteiger partial charge in [0.1, 0.15) is 13.1 Å². The molecule has 1 aliphatic rings. The first kappa shape index (κ1) is 20.4. The van der Waals surface area contributed by atoms with Gasteiger partial charge in [0.05, 0.1) is 23.3 Å². The lowest BCUT2D eigenvalue weighted by Crippen LogP contribution is -3.10. The topological polar surface area (TPSA) is 46.4 Å². The Labute approximate surface area is 188 Å². The first-order valence-corrected chi connectivity index (χ1v) is 11.4. The molecule has 1 aromatic heterocycles. The number of nitrogens with zero attached hydrogens (tertiary/aromatic N) is 1. The maximum atomic E-state index is 13.6. The van der Waals surface area contributed by atoms with Crippen LogP contribution in [0.5, 0.6) is 0 Å². The Morgan fingerprint density at radius 1 is 0.969 bits per heavy atom. The van der Waals surface area contributed by atoms with Crippen molar-refractivity contribution in [2.75, 3.05) is 11.9 Å². The predicted octanol–water partition coefficient (Wildman–Crippen LogP) is 4.19. The Hall–Kier alpha value is -3.50. The molecule has 0 fully saturated rings. The van der Waals surface area contributed by atoms with Crippen LogP contribution in [0.1, 0.15) is 39.7 Å². The first-order valence-electron chi connectivity index (χ1n) is 11.4. The van der Waals surface area contributed by atoms with E-state index in [-0.39, 0.29) is 5.91 Å². The summed E-state index contributed by atoms with van der Waals surface area (Å²) < 4.78 is 0. The molecule has 160 valence electrons. The number of rotatable bonds is 5. The Bertz CT molecular complexity index is 1270. The SMILES string of the molecule is CCc1cccc(NC(=O)c2c3c(nc4ccccc24)CC[NH+](Cc2ccccc2)C3)c1. The molecular weight excluding hydrogens is 394 g/mol. The van der Waals surface area contributed by atoms with Crippen LogP contribution in [0.25, 0.3) is 10.9 Å². The second-order valence-corrected chi connectivity index (χ2v) is 8.53. The third-order valence-corrected chi connectivity index (χ3v) is 6.34. The molecule has 1 unspecified atom stereocenters. The molecule has 0 radical (unpaired) electrons. The molecule has 5 rings (SSSR count). The van der Waals surface area contributed by atoms with E-state index in [0.29, 0.717) is 0 Å². The predicted molar refractivity (Wildman–Crippen MR) is 129 cm³/mol. The maximum absolute atomic E-state index is 13.6. The molecule has 0 saturated carbocycles. The van der Waals surface area contributed by atoms with E-state index >= 15 is 0 Å². The van der Waals surface area contributed by atoms with Gasteiger partial charge in [-0.25, -0.2) is 0 Å². The van der Waals surface area contributed by atoms with Gasteiger partial charge in [0.2, 0.25) is 0 Å². The number of fused-ring (bicyclic) bond motifs is 2. The Balaban J connectivity index is 1.52. The molecule has 0 aliphatic carbocycles. The molecule has 1 aliphatic heterocycles. The molecule has 4 aromatic rings. The zero-order chi connectivity index (χ0) is 21.9. The van der Waals surface area contributed by atoms with Crippen molar-refractivity contribution in [3.05, 3.63) is 107 Å². The maximum Gasteiger partial charge on any atom is 0.256 e. The van der Waals surface area contributed by atoms with Crippen molar-refractivity contribution in [3.8, 4) is 0 Å². The van der Waals surface area contributed by atoms with E-state index in [9.17, 15) is 4.79 Å². The average Bonchev–Trinajstić information content (AvgIpc) is 2.83. The summed E-state index contributed by atoms with van der Waals surface area (Å²) in [6.07, 6.45) is 1.82. The normalized spacial score (nSPS) is 15.3. The number of hydrogen-bond donors (Lipinski definition) is 2. The smallest absolute Gasteiger partial charge is 0.256 e. The van der Waals surface area contributed by atoms with Crippen LogP contribution in [0, 0.1) is 0 Å². The van der Waals surface area contributed by atoms with E-state index in [4.69, 9.17) is 4.98 Å². The van der Waals surface area contributed by atoms with E-state index < -0.39 is 0 Å². The summed E-state index contributed by atoms with van der Waals surface area (Å²) in [4.78, 5) is 20.0. The van der Waals surface area contributed by atoms with Gasteiger partial charge in [0, 0.05) is 28.6 Å². The van der Waals surface area contributed by atoms with Gasteiger partial charge in [0.25, 0.3) is 5.91 Å². The summed E-state index contributed by atoms with van der Waals surface area (Å²) >= 11 is 0. The molecule has 1 amide bonds. The third-order valence-electron chi connectivity index (χ3n) is 6.34. The van der Waals surface area contributed by atoms with E-state index in [0.717, 1.165) is 65.9 Å². The van der Waals surface area contributed by atoms with Crippen molar-refractivity contribution in [1.82, 2.24) is 4.98 Å². The minimum Gasteiger partial charge on any atom is -0.327 e. The molecule has 2 N–H and O–H groups in total. The van der Waals surface area contributed by atoms with Crippen molar-refractivity contribution in [2.24, 2.45) is 0 Å². The number of aromatic nitrogens is 1. The number of hydrogen-bond acceptors (Lipinski definition) is 2. The highest BCUT2D eigenvalue weighted by molar-refractivity contribution is 6.13. The van der Waals surface area contributed by atoms with E-state index in [2.05, 4.69) is 54.7 Å². The largest absolute Gasteiger partial charge is 0.327 e. The van der Waals surface area contributed by atoms with Gasteiger partial charge >= 0.3 is 0 Å².